The molecule has 0 saturated heterocycles. The van der Waals surface area contributed by atoms with Gasteiger partial charge < -0.3 is 5.11 Å². The second-order valence-corrected chi connectivity index (χ2v) is 4.02. The number of hydrogen-bond acceptors (Lipinski definition) is 1. The normalized spacial score (nSPS) is 17.6. The van der Waals surface area contributed by atoms with Gasteiger partial charge in [0, 0.05) is 6.42 Å². The third-order valence-corrected chi connectivity index (χ3v) is 2.82. The first-order valence-electron chi connectivity index (χ1n) is 5.37. The monoisotopic (exact) mass is 206 g/mol. The minimum atomic E-state index is -0.436. The van der Waals surface area contributed by atoms with Crippen molar-refractivity contribution >= 4 is 0 Å². The Balaban J connectivity index is 2.02. The zero-order chi connectivity index (χ0) is 10.7. The predicted octanol–water partition coefficient (Wildman–Crippen LogP) is 2.84. The molecule has 1 unspecified atom stereocenters. The summed E-state index contributed by atoms with van der Waals surface area (Å²) in [5.41, 5.74) is 1.97. The van der Waals surface area contributed by atoms with Gasteiger partial charge in [0.05, 0.1) is 6.10 Å². The maximum atomic E-state index is 12.9. The summed E-state index contributed by atoms with van der Waals surface area (Å²) in [5, 5.41) is 9.90. The van der Waals surface area contributed by atoms with Gasteiger partial charge in [-0.3, -0.25) is 0 Å². The van der Waals surface area contributed by atoms with Crippen LogP contribution in [0.2, 0.25) is 0 Å². The van der Waals surface area contributed by atoms with E-state index in [1.54, 1.807) is 6.07 Å². The van der Waals surface area contributed by atoms with Crippen LogP contribution in [-0.4, -0.2) is 11.2 Å². The Kier molecular flexibility index (Phi) is 3.17. The number of hydrogen-bond donors (Lipinski definition) is 1. The van der Waals surface area contributed by atoms with E-state index >= 15 is 0 Å². The molecule has 15 heavy (non-hydrogen) atoms. The number of aliphatic hydroxyl groups is 1. The fourth-order valence-corrected chi connectivity index (χ4v) is 2.02. The fourth-order valence-electron chi connectivity index (χ4n) is 2.02. The highest BCUT2D eigenvalue weighted by Gasteiger charge is 2.14. The van der Waals surface area contributed by atoms with Crippen LogP contribution in [-0.2, 0) is 6.42 Å². The average molecular weight is 206 g/mol. The van der Waals surface area contributed by atoms with Crippen LogP contribution in [0, 0.1) is 5.82 Å². The van der Waals surface area contributed by atoms with Crippen LogP contribution in [0.3, 0.4) is 0 Å². The minimum Gasteiger partial charge on any atom is -0.388 e. The summed E-state index contributed by atoms with van der Waals surface area (Å²) in [4.78, 5) is 0. The van der Waals surface area contributed by atoms with Crippen LogP contribution in [0.4, 0.5) is 4.39 Å². The second kappa shape index (κ2) is 4.58. The van der Waals surface area contributed by atoms with Crippen LogP contribution >= 0.6 is 0 Å². The molecular weight excluding hydrogens is 191 g/mol. The van der Waals surface area contributed by atoms with E-state index in [1.807, 2.05) is 6.07 Å². The van der Waals surface area contributed by atoms with E-state index in [9.17, 15) is 9.50 Å². The van der Waals surface area contributed by atoms with Gasteiger partial charge in [-0.05, 0) is 42.5 Å². The molecule has 0 amide bonds. The van der Waals surface area contributed by atoms with Gasteiger partial charge >= 0.3 is 0 Å². The van der Waals surface area contributed by atoms with Crippen LogP contribution in [0.5, 0.6) is 0 Å². The lowest BCUT2D eigenvalue weighted by atomic mass is 10.0. The molecule has 80 valence electrons. The Morgan fingerprint density at radius 3 is 2.93 bits per heavy atom. The topological polar surface area (TPSA) is 20.2 Å². The van der Waals surface area contributed by atoms with Gasteiger partial charge in [0.25, 0.3) is 0 Å². The van der Waals surface area contributed by atoms with Crippen molar-refractivity contribution in [1.82, 2.24) is 0 Å². The van der Waals surface area contributed by atoms with Crippen LogP contribution < -0.4 is 0 Å². The van der Waals surface area contributed by atoms with Gasteiger partial charge in [-0.25, -0.2) is 4.39 Å². The van der Waals surface area contributed by atoms with E-state index < -0.39 is 6.10 Å². The van der Waals surface area contributed by atoms with Crippen molar-refractivity contribution in [1.29, 1.82) is 0 Å². The summed E-state index contributed by atoms with van der Waals surface area (Å²) in [7, 11) is 0. The molecule has 1 aliphatic rings. The molecule has 0 fully saturated rings. The lowest BCUT2D eigenvalue weighted by molar-refractivity contribution is 0.208. The molecule has 0 aliphatic heterocycles. The highest BCUT2D eigenvalue weighted by Crippen LogP contribution is 2.22. The zero-order valence-corrected chi connectivity index (χ0v) is 8.62. The second-order valence-electron chi connectivity index (χ2n) is 4.02. The van der Waals surface area contributed by atoms with Crippen molar-refractivity contribution in [3.05, 3.63) is 47.3 Å². The maximum absolute atomic E-state index is 12.9. The van der Waals surface area contributed by atoms with Crippen molar-refractivity contribution in [3.8, 4) is 0 Å². The standard InChI is InChI=1S/C13H15FO/c14-12-7-3-4-10(8-12)9-13(15)11-5-1-2-6-11/h3-5,7-8,13,15H,1-2,6,9H2. The summed E-state index contributed by atoms with van der Waals surface area (Å²) in [5.74, 6) is -0.236. The molecule has 0 bridgehead atoms. The Hall–Kier alpha value is -1.15. The lowest BCUT2D eigenvalue weighted by Crippen LogP contribution is -2.12. The van der Waals surface area contributed by atoms with Crippen molar-refractivity contribution < 1.29 is 9.50 Å². The fraction of sp³-hybridized carbons (Fsp3) is 0.385. The van der Waals surface area contributed by atoms with Crippen LogP contribution in [0.1, 0.15) is 24.8 Å². The van der Waals surface area contributed by atoms with Gasteiger partial charge in [0.1, 0.15) is 5.82 Å². The molecule has 1 aromatic carbocycles. The third kappa shape index (κ3) is 2.66. The minimum absolute atomic E-state index is 0.236. The average Bonchev–Trinajstić information content (AvgIpc) is 2.70. The molecule has 0 heterocycles. The van der Waals surface area contributed by atoms with Crippen LogP contribution in [0.15, 0.2) is 35.9 Å². The summed E-state index contributed by atoms with van der Waals surface area (Å²) in [6.45, 7) is 0. The molecule has 1 atom stereocenters. The van der Waals surface area contributed by atoms with E-state index in [4.69, 9.17) is 0 Å². The van der Waals surface area contributed by atoms with Crippen molar-refractivity contribution in [2.24, 2.45) is 0 Å². The number of benzene rings is 1. The van der Waals surface area contributed by atoms with E-state index in [0.29, 0.717) is 6.42 Å². The molecule has 0 spiro atoms. The van der Waals surface area contributed by atoms with E-state index in [2.05, 4.69) is 6.08 Å². The number of aliphatic hydroxyl groups excluding tert-OH is 1. The highest BCUT2D eigenvalue weighted by atomic mass is 19.1. The number of rotatable bonds is 3. The van der Waals surface area contributed by atoms with Crippen molar-refractivity contribution in [2.45, 2.75) is 31.8 Å². The Bertz CT molecular complexity index is 371. The molecule has 2 rings (SSSR count). The first-order chi connectivity index (χ1) is 7.25. The molecule has 0 radical (unpaired) electrons. The lowest BCUT2D eigenvalue weighted by Gasteiger charge is -2.11. The zero-order valence-electron chi connectivity index (χ0n) is 8.62. The molecule has 1 aromatic rings. The first kappa shape index (κ1) is 10.4. The third-order valence-electron chi connectivity index (χ3n) is 2.82. The molecule has 2 heteroatoms. The van der Waals surface area contributed by atoms with Gasteiger partial charge in [-0.1, -0.05) is 18.2 Å². The molecule has 1 N–H and O–H groups in total. The van der Waals surface area contributed by atoms with Crippen molar-refractivity contribution in [3.63, 3.8) is 0 Å². The van der Waals surface area contributed by atoms with Gasteiger partial charge in [-0.2, -0.15) is 0 Å². The Morgan fingerprint density at radius 1 is 1.40 bits per heavy atom. The predicted molar refractivity (Wildman–Crippen MR) is 58.0 cm³/mol. The smallest absolute Gasteiger partial charge is 0.123 e. The van der Waals surface area contributed by atoms with Crippen LogP contribution in [0.25, 0.3) is 0 Å². The first-order valence-corrected chi connectivity index (χ1v) is 5.37. The van der Waals surface area contributed by atoms with Gasteiger partial charge in [-0.15, -0.1) is 0 Å². The van der Waals surface area contributed by atoms with Gasteiger partial charge in [0.2, 0.25) is 0 Å². The summed E-state index contributed by atoms with van der Waals surface area (Å²) in [6.07, 6.45) is 5.36. The number of allylic oxidation sites excluding steroid dienone is 1. The summed E-state index contributed by atoms with van der Waals surface area (Å²) < 4.78 is 12.9. The van der Waals surface area contributed by atoms with E-state index in [-0.39, 0.29) is 5.82 Å². The van der Waals surface area contributed by atoms with Gasteiger partial charge in [0.15, 0.2) is 0 Å². The largest absolute Gasteiger partial charge is 0.388 e. The molecule has 0 aromatic heterocycles. The van der Waals surface area contributed by atoms with Crippen molar-refractivity contribution in [2.75, 3.05) is 0 Å². The molecule has 1 nitrogen and oxygen atoms in total. The highest BCUT2D eigenvalue weighted by molar-refractivity contribution is 5.21. The molecular formula is C13H15FO. The summed E-state index contributed by atoms with van der Waals surface area (Å²) >= 11 is 0. The summed E-state index contributed by atoms with van der Waals surface area (Å²) in [6, 6.07) is 6.44. The Labute approximate surface area is 89.3 Å². The SMILES string of the molecule is OC(Cc1cccc(F)c1)C1=CCCC1. The molecule has 1 aliphatic carbocycles. The maximum Gasteiger partial charge on any atom is 0.123 e. The van der Waals surface area contributed by atoms with E-state index in [1.165, 1.54) is 12.1 Å². The quantitative estimate of drug-likeness (QED) is 0.754. The Morgan fingerprint density at radius 2 is 2.27 bits per heavy atom. The molecule has 0 saturated carbocycles. The van der Waals surface area contributed by atoms with E-state index in [0.717, 1.165) is 30.4 Å². The number of halogens is 1.